The Morgan fingerprint density at radius 3 is 2.09 bits per heavy atom. The first-order valence-corrected chi connectivity index (χ1v) is 18.9. The molecule has 0 bridgehead atoms. The van der Waals surface area contributed by atoms with E-state index in [0.29, 0.717) is 81.5 Å². The highest BCUT2D eigenvalue weighted by Crippen LogP contribution is 2.19. The lowest BCUT2D eigenvalue weighted by Crippen LogP contribution is -2.53. The fourth-order valence-corrected chi connectivity index (χ4v) is 4.67. The van der Waals surface area contributed by atoms with Crippen molar-refractivity contribution in [2.45, 2.75) is 65.3 Å². The van der Waals surface area contributed by atoms with Crippen molar-refractivity contribution < 1.29 is 56.3 Å². The van der Waals surface area contributed by atoms with Crippen molar-refractivity contribution in [1.29, 1.82) is 0 Å². The Hall–Kier alpha value is -4.69. The molecule has 0 aliphatic carbocycles. The normalized spacial score (nSPS) is 12.2. The van der Waals surface area contributed by atoms with Gasteiger partial charge in [-0.3, -0.25) is 25.0 Å². The van der Waals surface area contributed by atoms with Crippen LogP contribution in [0.25, 0.3) is 0 Å². The van der Waals surface area contributed by atoms with Crippen molar-refractivity contribution in [3.63, 3.8) is 0 Å². The number of hydrogen-bond donors (Lipinski definition) is 8. The van der Waals surface area contributed by atoms with Crippen molar-refractivity contribution in [1.82, 2.24) is 26.1 Å². The maximum Gasteiger partial charge on any atom is 0.404 e. The van der Waals surface area contributed by atoms with Gasteiger partial charge in [-0.15, -0.1) is 16.2 Å². The Morgan fingerprint density at radius 1 is 0.842 bits per heavy atom. The van der Waals surface area contributed by atoms with E-state index in [1.165, 1.54) is 13.1 Å². The van der Waals surface area contributed by atoms with Gasteiger partial charge in [-0.05, 0) is 36.1 Å². The molecule has 0 heterocycles. The molecule has 320 valence electrons. The second-order valence-electron chi connectivity index (χ2n) is 12.4. The first-order chi connectivity index (χ1) is 27.4. The average Bonchev–Trinajstić information content (AvgIpc) is 3.18. The zero-order chi connectivity index (χ0) is 42.3. The van der Waals surface area contributed by atoms with Crippen molar-refractivity contribution >= 4 is 47.7 Å². The van der Waals surface area contributed by atoms with Gasteiger partial charge < -0.3 is 65.6 Å². The number of ether oxygens (including phenoxy) is 6. The molecule has 0 aromatic heterocycles. The van der Waals surface area contributed by atoms with Crippen LogP contribution >= 0.6 is 12.3 Å². The third kappa shape index (κ3) is 24.5. The van der Waals surface area contributed by atoms with Gasteiger partial charge in [0.1, 0.15) is 18.7 Å². The number of carbonyl (C=O) groups excluding carboxylic acids is 5. The summed E-state index contributed by atoms with van der Waals surface area (Å²) in [6.45, 7) is 7.71. The summed E-state index contributed by atoms with van der Waals surface area (Å²) in [6.07, 6.45) is 6.12. The Balaban J connectivity index is 2.43. The molecule has 19 nitrogen and oxygen atoms in total. The lowest BCUT2D eigenvalue weighted by Gasteiger charge is -2.24. The van der Waals surface area contributed by atoms with E-state index in [0.717, 1.165) is 0 Å². The first-order valence-electron chi connectivity index (χ1n) is 18.1. The van der Waals surface area contributed by atoms with E-state index in [1.54, 1.807) is 32.0 Å². The molecule has 0 spiro atoms. The molecule has 1 aromatic carbocycles. The molecule has 1 rings (SSSR count). The van der Waals surface area contributed by atoms with Gasteiger partial charge in [0.2, 0.25) is 23.6 Å². The number of hydrogen-bond acceptors (Lipinski definition) is 15. The molecule has 0 aliphatic rings. The number of nitrogens with one attached hydrogen (secondary N) is 6. The maximum absolute atomic E-state index is 13.1. The van der Waals surface area contributed by atoms with Crippen molar-refractivity contribution in [2.75, 3.05) is 71.3 Å². The van der Waals surface area contributed by atoms with Crippen LogP contribution in [-0.2, 0) is 60.8 Å². The summed E-state index contributed by atoms with van der Waals surface area (Å²) in [5.41, 5.74) is 9.24. The predicted octanol–water partition coefficient (Wildman–Crippen LogP) is 0.796. The van der Waals surface area contributed by atoms with Crippen LogP contribution in [0.15, 0.2) is 30.1 Å². The van der Waals surface area contributed by atoms with Gasteiger partial charge in [-0.1, -0.05) is 19.9 Å². The smallest absolute Gasteiger partial charge is 0.404 e. The van der Waals surface area contributed by atoms with Gasteiger partial charge in [0.25, 0.3) is 0 Å². The van der Waals surface area contributed by atoms with Gasteiger partial charge in [-0.2, -0.15) is 0 Å². The molecular formula is C36H57FN8O11S. The SMILES string of the molecule is C#CCCC(=O)NCCOCCOCCOCCOCCC(=O)NC(C(=O)N[C@@H](C)C(=O)Nc1ccc(COC(N)=O)c(COC/C(=C/NSF)NN)c1)C(C)C. The number of hydrazine groups is 1. The molecular weight excluding hydrogens is 772 g/mol. The van der Waals surface area contributed by atoms with Crippen LogP contribution in [0.5, 0.6) is 0 Å². The van der Waals surface area contributed by atoms with E-state index >= 15 is 0 Å². The summed E-state index contributed by atoms with van der Waals surface area (Å²) in [5, 5.41) is 10.8. The summed E-state index contributed by atoms with van der Waals surface area (Å²) < 4.78 is 46.9. The van der Waals surface area contributed by atoms with Gasteiger partial charge in [-0.25, -0.2) is 4.79 Å². The Kier molecular flexibility index (Phi) is 27.7. The number of carbonyl (C=O) groups is 5. The second kappa shape index (κ2) is 31.4. The van der Waals surface area contributed by atoms with Crippen LogP contribution in [0.2, 0.25) is 0 Å². The number of rotatable bonds is 32. The molecule has 57 heavy (non-hydrogen) atoms. The standard InChI is InChI=1S/C36H57FN8O11S/c1-5-6-7-31(46)40-11-13-52-15-17-54-19-18-53-16-14-51-12-10-32(47)44-33(25(2)3)35(49)42-26(4)34(48)43-29-9-8-27(23-56-36(38)50)28(20-29)22-55-24-30(45-39)21-41-57-37/h1,8-9,20-21,25-26,33,41,45H,6-7,10-19,22-24,39H2,2-4H3,(H2,38,50)(H,40,46)(H,42,49)(H,43,48)(H,44,47)/b30-21-/t26-,33?/m0/s1. The fraction of sp³-hybridized carbons (Fsp3) is 0.583. The van der Waals surface area contributed by atoms with E-state index in [9.17, 15) is 27.9 Å². The third-order valence-corrected chi connectivity index (χ3v) is 7.70. The zero-order valence-corrected chi connectivity index (χ0v) is 33.5. The largest absolute Gasteiger partial charge is 0.445 e. The quantitative estimate of drug-likeness (QED) is 0.0164. The predicted molar refractivity (Wildman–Crippen MR) is 210 cm³/mol. The van der Waals surface area contributed by atoms with Crippen LogP contribution < -0.4 is 43.0 Å². The molecule has 0 fully saturated rings. The molecule has 5 amide bonds. The topological polar surface area (TPSA) is 265 Å². The van der Waals surface area contributed by atoms with E-state index in [1.807, 2.05) is 0 Å². The number of primary amides is 1. The first kappa shape index (κ1) is 50.3. The van der Waals surface area contributed by atoms with Gasteiger partial charge in [0.05, 0.1) is 71.8 Å². The number of anilines is 1. The van der Waals surface area contributed by atoms with Crippen LogP contribution in [-0.4, -0.2) is 108 Å². The molecule has 0 radical (unpaired) electrons. The minimum Gasteiger partial charge on any atom is -0.445 e. The number of terminal acetylenes is 1. The molecule has 0 saturated carbocycles. The van der Waals surface area contributed by atoms with Gasteiger partial charge in [0, 0.05) is 37.7 Å². The number of halogens is 1. The second-order valence-corrected chi connectivity index (χ2v) is 12.7. The summed E-state index contributed by atoms with van der Waals surface area (Å²) in [5.74, 6) is 5.94. The number of nitrogens with two attached hydrogens (primary N) is 2. The molecule has 2 atom stereocenters. The molecule has 0 aliphatic heterocycles. The molecule has 21 heteroatoms. The van der Waals surface area contributed by atoms with Crippen LogP contribution in [0.1, 0.15) is 51.2 Å². The monoisotopic (exact) mass is 828 g/mol. The highest BCUT2D eigenvalue weighted by Gasteiger charge is 2.27. The van der Waals surface area contributed by atoms with Crippen LogP contribution in [0.3, 0.4) is 0 Å². The molecule has 1 unspecified atom stereocenters. The zero-order valence-electron chi connectivity index (χ0n) is 32.7. The summed E-state index contributed by atoms with van der Waals surface area (Å²) in [4.78, 5) is 61.4. The van der Waals surface area contributed by atoms with Crippen LogP contribution in [0, 0.1) is 18.3 Å². The van der Waals surface area contributed by atoms with E-state index in [4.69, 9.17) is 46.4 Å². The summed E-state index contributed by atoms with van der Waals surface area (Å²) in [6, 6.07) is 2.87. The lowest BCUT2D eigenvalue weighted by molar-refractivity contribution is -0.132. The summed E-state index contributed by atoms with van der Waals surface area (Å²) in [7, 11) is 0. The van der Waals surface area contributed by atoms with E-state index in [2.05, 4.69) is 37.3 Å². The Bertz CT molecular complexity index is 1450. The Morgan fingerprint density at radius 2 is 1.49 bits per heavy atom. The molecule has 0 saturated heterocycles. The van der Waals surface area contributed by atoms with Crippen molar-refractivity contribution in [3.8, 4) is 12.3 Å². The van der Waals surface area contributed by atoms with Crippen molar-refractivity contribution in [2.24, 2.45) is 17.5 Å². The van der Waals surface area contributed by atoms with Crippen molar-refractivity contribution in [3.05, 3.63) is 41.2 Å². The number of amides is 5. The third-order valence-electron chi connectivity index (χ3n) is 7.49. The molecule has 10 N–H and O–H groups in total. The Labute approximate surface area is 337 Å². The average molecular weight is 829 g/mol. The minimum absolute atomic E-state index is 0.00464. The van der Waals surface area contributed by atoms with Gasteiger partial charge >= 0.3 is 6.09 Å². The number of benzene rings is 1. The van der Waals surface area contributed by atoms with Crippen LogP contribution in [0.4, 0.5) is 14.4 Å². The lowest BCUT2D eigenvalue weighted by atomic mass is 10.0. The summed E-state index contributed by atoms with van der Waals surface area (Å²) >= 11 is -0.128. The fourth-order valence-electron chi connectivity index (χ4n) is 4.48. The highest BCUT2D eigenvalue weighted by molar-refractivity contribution is 7.92. The molecule has 1 aromatic rings. The highest BCUT2D eigenvalue weighted by atomic mass is 32.2. The van der Waals surface area contributed by atoms with E-state index < -0.39 is 35.9 Å². The van der Waals surface area contributed by atoms with Gasteiger partial charge in [0.15, 0.2) is 12.3 Å². The minimum atomic E-state index is -0.991. The van der Waals surface area contributed by atoms with E-state index in [-0.39, 0.29) is 63.6 Å². The maximum atomic E-state index is 13.1.